The van der Waals surface area contributed by atoms with E-state index in [1.54, 1.807) is 0 Å². The summed E-state index contributed by atoms with van der Waals surface area (Å²) in [4.78, 5) is 9.14. The van der Waals surface area contributed by atoms with Crippen LogP contribution in [0, 0.1) is 19.1 Å². The van der Waals surface area contributed by atoms with E-state index in [1.807, 2.05) is 47.9 Å². The third-order valence-electron chi connectivity index (χ3n) is 7.36. The number of rotatable bonds is 4. The van der Waals surface area contributed by atoms with Crippen LogP contribution < -0.4 is 4.40 Å². The average Bonchev–Trinajstić information content (AvgIpc) is 3.41. The van der Waals surface area contributed by atoms with E-state index < -0.39 is 13.3 Å². The molecule has 4 aromatic carbocycles. The van der Waals surface area contributed by atoms with Gasteiger partial charge in [-0.25, -0.2) is 0 Å². The Morgan fingerprint density at radius 2 is 1.49 bits per heavy atom. The Morgan fingerprint density at radius 1 is 0.744 bits per heavy atom. The zero-order valence-electron chi connectivity index (χ0n) is 24.7. The molecule has 0 N–H and O–H groups in total. The van der Waals surface area contributed by atoms with Crippen molar-refractivity contribution in [2.45, 2.75) is 24.2 Å². The minimum Gasteiger partial charge on any atom is -0.305 e. The van der Waals surface area contributed by atoms with Crippen LogP contribution in [0.4, 0.5) is 0 Å². The largest absolute Gasteiger partial charge is 0.305 e. The number of benzene rings is 4. The molecule has 0 unspecified atom stereocenters. The molecule has 0 aliphatic heterocycles. The number of aryl methyl sites for hydroxylation is 1. The van der Waals surface area contributed by atoms with E-state index >= 15 is 0 Å². The predicted octanol–water partition coefficient (Wildman–Crippen LogP) is 9.98. The molecule has 1 radical (unpaired) electrons. The fourth-order valence-corrected chi connectivity index (χ4v) is 10.2. The topological polar surface area (TPSA) is 25.8 Å². The summed E-state index contributed by atoms with van der Waals surface area (Å²) in [6, 6.07) is 44.2. The first kappa shape index (κ1) is 31.0. The molecule has 0 aliphatic rings. The normalized spacial score (nSPS) is 11.1. The Bertz CT molecular complexity index is 1970. The van der Waals surface area contributed by atoms with Gasteiger partial charge < -0.3 is 4.98 Å². The molecule has 0 atom stereocenters. The summed E-state index contributed by atoms with van der Waals surface area (Å²) >= 11 is 0.0481. The minimum atomic E-state index is -1.77. The fraction of sp³-hybridized carbons (Fsp3) is 0.105. The van der Waals surface area contributed by atoms with Gasteiger partial charge in [0.05, 0.1) is 0 Å². The Labute approximate surface area is 274 Å². The van der Waals surface area contributed by atoms with E-state index in [4.69, 9.17) is 0 Å². The molecule has 0 bridgehead atoms. The quantitative estimate of drug-likeness (QED) is 0.131. The van der Waals surface area contributed by atoms with Crippen molar-refractivity contribution < 1.29 is 20.1 Å². The number of hydrogen-bond acceptors (Lipinski definition) is 3. The van der Waals surface area contributed by atoms with Crippen LogP contribution in [0.3, 0.4) is 0 Å². The van der Waals surface area contributed by atoms with Gasteiger partial charge >= 0.3 is 106 Å². The summed E-state index contributed by atoms with van der Waals surface area (Å²) in [6.45, 7) is 2.19. The minimum absolute atomic E-state index is 0. The smallest absolute Gasteiger partial charge is 0.0239 e. The molecule has 5 heteroatoms. The first-order valence-corrected chi connectivity index (χ1v) is 22.3. The Hall–Kier alpha value is -3.41. The van der Waals surface area contributed by atoms with Crippen LogP contribution in [-0.4, -0.2) is 23.2 Å². The van der Waals surface area contributed by atoms with Gasteiger partial charge in [0.15, 0.2) is 0 Å². The zero-order chi connectivity index (χ0) is 29.1. The molecule has 0 saturated heterocycles. The van der Waals surface area contributed by atoms with Gasteiger partial charge in [-0.1, -0.05) is 77.2 Å². The van der Waals surface area contributed by atoms with Crippen LogP contribution in [0.1, 0.15) is 5.56 Å². The van der Waals surface area contributed by atoms with Crippen LogP contribution in [0.5, 0.6) is 0 Å². The number of hydrogen-bond donors (Lipinski definition) is 0. The Balaban J connectivity index is 0.000000180. The van der Waals surface area contributed by atoms with Crippen molar-refractivity contribution in [3.63, 3.8) is 0 Å². The van der Waals surface area contributed by atoms with Crippen molar-refractivity contribution >= 4 is 49.2 Å². The third-order valence-corrected chi connectivity index (χ3v) is 13.0. The number of thiophene rings is 1. The monoisotopic (exact) mass is 815 g/mol. The number of aromatic nitrogens is 2. The van der Waals surface area contributed by atoms with Gasteiger partial charge in [-0.2, -0.15) is 11.3 Å². The molecular weight excluding hydrogens is 781 g/mol. The van der Waals surface area contributed by atoms with E-state index in [-0.39, 0.29) is 20.1 Å². The molecule has 0 spiro atoms. The summed E-state index contributed by atoms with van der Waals surface area (Å²) in [5.41, 5.74) is 7.98. The van der Waals surface area contributed by atoms with E-state index in [1.165, 1.54) is 41.3 Å². The maximum absolute atomic E-state index is 4.59. The van der Waals surface area contributed by atoms with Gasteiger partial charge in [0.25, 0.3) is 0 Å². The molecule has 0 saturated carbocycles. The SMILES string of the molecule is Cc1cc(-c2[c-]cccc2)nc[c]1[Ge]([CH3])([CH3])[CH3].[Ir].[c-]1cc(-c2ccccc2)c2c(sc3ccccc32)c1-c1ccccn1. The maximum atomic E-state index is 4.59. The summed E-state index contributed by atoms with van der Waals surface area (Å²) in [5.74, 6) is 7.20. The maximum Gasteiger partial charge on any atom is 0.0239 e. The molecule has 7 rings (SSSR count). The molecule has 0 fully saturated rings. The standard InChI is InChI=1S/C23H14NS.C15H18GeN.Ir/c1-2-8-16(9-3-1)17-13-14-18(20-11-6-7-15-24-20)23-22(17)19-10-4-5-12-21(19)25-23;1-12-10-15(13-8-6-5-7-9-13)17-11-14(12)16(2,3)4;/h1-13,15H;5-8,10-11H,1-4H3;/q2*-1;. The molecule has 7 aromatic rings. The number of fused-ring (bicyclic) bond motifs is 3. The molecule has 3 heterocycles. The van der Waals surface area contributed by atoms with Crippen molar-refractivity contribution in [1.29, 1.82) is 0 Å². The summed E-state index contributed by atoms with van der Waals surface area (Å²) < 4.78 is 4.04. The van der Waals surface area contributed by atoms with E-state index in [2.05, 4.69) is 131 Å². The van der Waals surface area contributed by atoms with Crippen LogP contribution in [0.15, 0.2) is 122 Å². The number of nitrogens with zero attached hydrogens (tertiary/aromatic N) is 2. The summed E-state index contributed by atoms with van der Waals surface area (Å²) in [5, 5.41) is 2.60. The van der Waals surface area contributed by atoms with E-state index in [9.17, 15) is 0 Å². The van der Waals surface area contributed by atoms with Gasteiger partial charge in [-0.3, -0.25) is 0 Å². The molecule has 0 aliphatic carbocycles. The number of pyridine rings is 2. The van der Waals surface area contributed by atoms with E-state index in [0.717, 1.165) is 22.5 Å². The third kappa shape index (κ3) is 6.74. The van der Waals surface area contributed by atoms with Crippen molar-refractivity contribution in [2.75, 3.05) is 0 Å². The molecular formula is C38H32GeIrN2S-2. The fourth-order valence-electron chi connectivity index (χ4n) is 5.36. The second-order valence-electron chi connectivity index (χ2n) is 11.4. The Kier molecular flexibility index (Phi) is 9.73. The molecule has 43 heavy (non-hydrogen) atoms. The average molecular weight is 814 g/mol. The molecule has 215 valence electrons. The van der Waals surface area contributed by atoms with Gasteiger partial charge in [-0.05, 0) is 27.9 Å². The van der Waals surface area contributed by atoms with Crippen molar-refractivity contribution in [2.24, 2.45) is 0 Å². The van der Waals surface area contributed by atoms with Crippen LogP contribution >= 0.6 is 11.3 Å². The molecule has 3 aromatic heterocycles. The van der Waals surface area contributed by atoms with Gasteiger partial charge in [0.1, 0.15) is 0 Å². The van der Waals surface area contributed by atoms with Gasteiger partial charge in [0, 0.05) is 31.0 Å². The van der Waals surface area contributed by atoms with Crippen molar-refractivity contribution in [3.8, 4) is 33.6 Å². The summed E-state index contributed by atoms with van der Waals surface area (Å²) in [6.07, 6.45) is 3.92. The molecule has 2 nitrogen and oxygen atoms in total. The Morgan fingerprint density at radius 3 is 2.19 bits per heavy atom. The second kappa shape index (κ2) is 13.5. The first-order chi connectivity index (χ1) is 20.4. The zero-order valence-corrected chi connectivity index (χ0v) is 30.0. The van der Waals surface area contributed by atoms with Crippen molar-refractivity contribution in [3.05, 3.63) is 139 Å². The predicted molar refractivity (Wildman–Crippen MR) is 183 cm³/mol. The van der Waals surface area contributed by atoms with E-state index in [0.29, 0.717) is 0 Å². The summed E-state index contributed by atoms with van der Waals surface area (Å²) in [7, 11) is 0. The van der Waals surface area contributed by atoms with Crippen LogP contribution in [0.2, 0.25) is 17.3 Å². The second-order valence-corrected chi connectivity index (χ2v) is 23.0. The van der Waals surface area contributed by atoms with Crippen molar-refractivity contribution in [1.82, 2.24) is 9.97 Å². The van der Waals surface area contributed by atoms with Crippen LogP contribution in [-0.2, 0) is 20.1 Å². The first-order valence-electron chi connectivity index (χ1n) is 14.2. The van der Waals surface area contributed by atoms with Gasteiger partial charge in [-0.15, -0.1) is 17.7 Å². The molecule has 0 amide bonds. The van der Waals surface area contributed by atoms with Crippen LogP contribution in [0.25, 0.3) is 53.8 Å². The van der Waals surface area contributed by atoms with Gasteiger partial charge in [0.2, 0.25) is 0 Å².